The molecule has 0 fully saturated rings. The van der Waals surface area contributed by atoms with Crippen molar-refractivity contribution in [3.63, 3.8) is 0 Å². The third-order valence-electron chi connectivity index (χ3n) is 20.8. The molecule has 0 radical (unpaired) electrons. The number of thiophene rings is 2. The predicted molar refractivity (Wildman–Crippen MR) is 427 cm³/mol. The lowest BCUT2D eigenvalue weighted by molar-refractivity contribution is 0.487. The molecule has 4 aliphatic rings. The van der Waals surface area contributed by atoms with Crippen LogP contribution in [0, 0.1) is 0 Å². The van der Waals surface area contributed by atoms with Gasteiger partial charge < -0.3 is 29.2 Å². The van der Waals surface area contributed by atoms with Gasteiger partial charge in [-0.05, 0) is 160 Å². The van der Waals surface area contributed by atoms with Crippen LogP contribution in [0.25, 0.3) is 51.5 Å². The highest BCUT2D eigenvalue weighted by Crippen LogP contribution is 2.55. The van der Waals surface area contributed by atoms with Crippen LogP contribution in [0.2, 0.25) is 0 Å². The van der Waals surface area contributed by atoms with Gasteiger partial charge in [0.2, 0.25) is 0 Å². The van der Waals surface area contributed by atoms with Crippen LogP contribution in [0.15, 0.2) is 346 Å². The van der Waals surface area contributed by atoms with E-state index in [1.165, 1.54) is 62.2 Å². The zero-order valence-corrected chi connectivity index (χ0v) is 55.7. The molecular formula is C90H57B2N5OS2. The summed E-state index contributed by atoms with van der Waals surface area (Å²) in [5.41, 5.74) is 25.7. The zero-order chi connectivity index (χ0) is 65.5. The Balaban J connectivity index is 0.912. The summed E-state index contributed by atoms with van der Waals surface area (Å²) in [6.07, 6.45) is 0. The van der Waals surface area contributed by atoms with Crippen molar-refractivity contribution in [1.29, 1.82) is 0 Å². The van der Waals surface area contributed by atoms with Gasteiger partial charge in [-0.25, -0.2) is 0 Å². The molecule has 0 N–H and O–H groups in total. The number of fused-ring (bicyclic) bond motifs is 14. The number of hydrogen-bond acceptors (Lipinski definition) is 8. The maximum atomic E-state index is 7.53. The van der Waals surface area contributed by atoms with Crippen molar-refractivity contribution >= 4 is 195 Å². The lowest BCUT2D eigenvalue weighted by atomic mass is 9.30. The highest BCUT2D eigenvalue weighted by Gasteiger charge is 2.49. The summed E-state index contributed by atoms with van der Waals surface area (Å²) in [5, 5.41) is 4.93. The molecule has 0 spiro atoms. The van der Waals surface area contributed by atoms with Crippen LogP contribution in [0.5, 0.6) is 11.5 Å². The molecular weight excluding hydrogens is 1250 g/mol. The maximum absolute atomic E-state index is 7.53. The van der Waals surface area contributed by atoms with Gasteiger partial charge in [-0.2, -0.15) is 0 Å². The van der Waals surface area contributed by atoms with E-state index in [4.69, 9.17) is 4.74 Å². The molecule has 0 atom stereocenters. The van der Waals surface area contributed by atoms with Gasteiger partial charge >= 0.3 is 0 Å². The number of rotatable bonds is 10. The summed E-state index contributed by atoms with van der Waals surface area (Å²) in [6.45, 7) is -0.455. The predicted octanol–water partition coefficient (Wildman–Crippen LogP) is 21.5. The normalized spacial score (nSPS) is 13.0. The molecule has 100 heavy (non-hydrogen) atoms. The summed E-state index contributed by atoms with van der Waals surface area (Å²) in [5.74, 6) is 1.68. The second-order valence-electron chi connectivity index (χ2n) is 26.2. The number of ether oxygens (including phenoxy) is 1. The molecule has 10 heteroatoms. The molecule has 0 amide bonds. The molecule has 2 aromatic heterocycles. The van der Waals surface area contributed by atoms with Gasteiger partial charge in [0, 0.05) is 104 Å². The van der Waals surface area contributed by atoms with Crippen molar-refractivity contribution < 1.29 is 4.74 Å². The molecule has 15 aromatic carbocycles. The number of hydrogen-bond donors (Lipinski definition) is 0. The van der Waals surface area contributed by atoms with E-state index < -0.39 is 0 Å². The van der Waals surface area contributed by atoms with Gasteiger partial charge in [-0.1, -0.05) is 218 Å². The maximum Gasteiger partial charge on any atom is 0.256 e. The zero-order valence-electron chi connectivity index (χ0n) is 54.0. The van der Waals surface area contributed by atoms with Crippen molar-refractivity contribution in [2.45, 2.75) is 0 Å². The Hall–Kier alpha value is -12.3. The van der Waals surface area contributed by atoms with Gasteiger partial charge in [0.1, 0.15) is 11.5 Å². The molecule has 466 valence electrons. The number of nitrogens with zero attached hydrogens (tertiary/aromatic N) is 5. The summed E-state index contributed by atoms with van der Waals surface area (Å²) in [4.78, 5) is 12.7. The Morgan fingerprint density at radius 2 is 0.780 bits per heavy atom. The van der Waals surface area contributed by atoms with Crippen LogP contribution >= 0.6 is 22.7 Å². The summed E-state index contributed by atoms with van der Waals surface area (Å²) >= 11 is 3.74. The number of anilines is 15. The first-order valence-corrected chi connectivity index (χ1v) is 35.8. The van der Waals surface area contributed by atoms with Crippen LogP contribution in [-0.4, -0.2) is 13.4 Å². The lowest BCUT2D eigenvalue weighted by Crippen LogP contribution is -2.64. The molecule has 6 nitrogen and oxygen atoms in total. The highest BCUT2D eigenvalue weighted by atomic mass is 32.1. The SMILES string of the molecule is c1ccc(-c2ccccc2N(c2ccccc2)c2cc3c4c(c2)N(c2cccc5c2sc2ccccc25)c2cc5c(cc2B4c2ccccc2O3)B2c3ccccc3N(c3ccccc3)c3cc(N(c4ccccc4)c4ccccc4)cc(c32)N5c2cccc3sc4ccccc4c23)cc1. The lowest BCUT2D eigenvalue weighted by Gasteiger charge is -2.47. The van der Waals surface area contributed by atoms with Crippen LogP contribution in [0.3, 0.4) is 0 Å². The second-order valence-corrected chi connectivity index (χ2v) is 28.3. The topological polar surface area (TPSA) is 25.4 Å². The minimum atomic E-state index is -0.241. The molecule has 0 aliphatic carbocycles. The molecule has 4 aliphatic heterocycles. The van der Waals surface area contributed by atoms with Crippen LogP contribution in [0.1, 0.15) is 0 Å². The van der Waals surface area contributed by atoms with E-state index in [1.54, 1.807) is 0 Å². The van der Waals surface area contributed by atoms with Gasteiger partial charge in [0.05, 0.1) is 33.1 Å². The number of para-hydroxylation sites is 7. The van der Waals surface area contributed by atoms with Crippen LogP contribution in [-0.2, 0) is 0 Å². The van der Waals surface area contributed by atoms with E-state index in [9.17, 15) is 0 Å². The van der Waals surface area contributed by atoms with Crippen LogP contribution in [0.4, 0.5) is 85.3 Å². The van der Waals surface area contributed by atoms with E-state index in [1.807, 2.05) is 22.7 Å². The quantitative estimate of drug-likeness (QED) is 0.127. The second kappa shape index (κ2) is 22.6. The molecule has 0 saturated heterocycles. The molecule has 17 aromatic rings. The average molecular weight is 1310 g/mol. The molecule has 6 heterocycles. The molecule has 0 bridgehead atoms. The average Bonchev–Trinajstić information content (AvgIpc) is 0.733. The van der Waals surface area contributed by atoms with E-state index in [0.29, 0.717) is 0 Å². The van der Waals surface area contributed by atoms with Crippen molar-refractivity contribution in [2.24, 2.45) is 0 Å². The van der Waals surface area contributed by atoms with Crippen LogP contribution < -0.4 is 62.0 Å². The molecule has 0 unspecified atom stereocenters. The Kier molecular flexibility index (Phi) is 12.9. The number of benzene rings is 15. The first-order chi connectivity index (χ1) is 49.6. The first kappa shape index (κ1) is 56.8. The standard InChI is InChI=1S/C90H57B2N5OS2/c1-6-28-58(29-7-1)65-38-16-21-44-73(65)94(61-34-12-4-13-35-61)64-54-81-89-83(55-64)98-82-48-23-20-43-70(82)92(89)72-56-71-77(57-78(72)97(81)76-47-26-41-67-66-39-17-24-49-84(66)100-90(67)76)96(75-46-27-51-86-87(75)68-40-18-25-50-85(68)99-86)80-53-63(93(59-30-8-2-9-31-59)60-32-10-3-11-33-60)52-79-88(80)91(71)69-42-19-22-45-74(69)95(79)62-36-14-5-15-37-62/h1-57H. The Bertz CT molecular complexity index is 6110. The smallest absolute Gasteiger partial charge is 0.256 e. The third kappa shape index (κ3) is 8.64. The fraction of sp³-hybridized carbons (Fsp3) is 0. The minimum Gasteiger partial charge on any atom is -0.458 e. The third-order valence-corrected chi connectivity index (χ3v) is 23.1. The van der Waals surface area contributed by atoms with Crippen molar-refractivity contribution in [3.05, 3.63) is 346 Å². The van der Waals surface area contributed by atoms with Gasteiger partial charge in [-0.15, -0.1) is 22.7 Å². The molecule has 21 rings (SSSR count). The summed E-state index contributed by atoms with van der Waals surface area (Å²) in [6, 6.07) is 128. The Morgan fingerprint density at radius 1 is 0.280 bits per heavy atom. The fourth-order valence-electron chi connectivity index (χ4n) is 16.7. The van der Waals surface area contributed by atoms with Crippen molar-refractivity contribution in [3.8, 4) is 22.6 Å². The van der Waals surface area contributed by atoms with Gasteiger partial charge in [-0.3, -0.25) is 0 Å². The largest absolute Gasteiger partial charge is 0.458 e. The van der Waals surface area contributed by atoms with E-state index in [-0.39, 0.29) is 13.4 Å². The van der Waals surface area contributed by atoms with Crippen molar-refractivity contribution in [2.75, 3.05) is 24.5 Å². The monoisotopic (exact) mass is 1310 g/mol. The fourth-order valence-corrected chi connectivity index (χ4v) is 19.1. The Morgan fingerprint density at radius 3 is 1.51 bits per heavy atom. The van der Waals surface area contributed by atoms with E-state index >= 15 is 0 Å². The Labute approximate surface area is 588 Å². The van der Waals surface area contributed by atoms with Gasteiger partial charge in [0.25, 0.3) is 13.4 Å². The van der Waals surface area contributed by atoms with Gasteiger partial charge in [0.15, 0.2) is 0 Å². The van der Waals surface area contributed by atoms with E-state index in [0.717, 1.165) is 119 Å². The summed E-state index contributed by atoms with van der Waals surface area (Å²) in [7, 11) is 0. The summed E-state index contributed by atoms with van der Waals surface area (Å²) < 4.78 is 12.5. The highest BCUT2D eigenvalue weighted by molar-refractivity contribution is 7.26. The van der Waals surface area contributed by atoms with E-state index in [2.05, 4.69) is 370 Å². The minimum absolute atomic E-state index is 0.214. The molecule has 0 saturated carbocycles. The first-order valence-electron chi connectivity index (χ1n) is 34.2. The van der Waals surface area contributed by atoms with Crippen molar-refractivity contribution in [1.82, 2.24) is 0 Å².